The van der Waals surface area contributed by atoms with Crippen molar-refractivity contribution in [2.24, 2.45) is 5.92 Å². The maximum absolute atomic E-state index is 3.84. The van der Waals surface area contributed by atoms with E-state index < -0.39 is 0 Å². The van der Waals surface area contributed by atoms with Crippen LogP contribution in [-0.2, 0) is 0 Å². The van der Waals surface area contributed by atoms with Gasteiger partial charge in [-0.25, -0.2) is 0 Å². The highest BCUT2D eigenvalue weighted by molar-refractivity contribution is 7.12. The van der Waals surface area contributed by atoms with Crippen LogP contribution < -0.4 is 5.32 Å². The van der Waals surface area contributed by atoms with Gasteiger partial charge in [0.1, 0.15) is 0 Å². The van der Waals surface area contributed by atoms with Crippen LogP contribution in [0.5, 0.6) is 0 Å². The van der Waals surface area contributed by atoms with Gasteiger partial charge in [-0.15, -0.1) is 11.3 Å². The Bertz CT molecular complexity index is 374. The third-order valence-electron chi connectivity index (χ3n) is 4.46. The minimum absolute atomic E-state index is 0.512. The lowest BCUT2D eigenvalue weighted by atomic mass is 9.84. The maximum atomic E-state index is 3.84. The third-order valence-corrected chi connectivity index (χ3v) is 5.44. The third kappa shape index (κ3) is 3.36. The molecule has 1 N–H and O–H groups in total. The summed E-state index contributed by atoms with van der Waals surface area (Å²) in [5.74, 6) is 0.989. The van der Waals surface area contributed by atoms with Gasteiger partial charge >= 0.3 is 0 Å². The average molecular weight is 265 g/mol. The number of thiophene rings is 1. The normalized spacial score (nSPS) is 26.2. The average Bonchev–Trinajstić information content (AvgIpc) is 2.69. The van der Waals surface area contributed by atoms with Crippen LogP contribution in [0.4, 0.5) is 0 Å². The molecule has 0 saturated heterocycles. The van der Waals surface area contributed by atoms with Crippen molar-refractivity contribution in [1.29, 1.82) is 0 Å². The lowest BCUT2D eigenvalue weighted by Gasteiger charge is -2.31. The van der Waals surface area contributed by atoms with Gasteiger partial charge in [-0.05, 0) is 64.0 Å². The Labute approximate surface area is 116 Å². The van der Waals surface area contributed by atoms with E-state index in [9.17, 15) is 0 Å². The minimum Gasteiger partial charge on any atom is -0.307 e. The van der Waals surface area contributed by atoms with Gasteiger partial charge in [-0.3, -0.25) is 0 Å². The first-order valence-electron chi connectivity index (χ1n) is 7.43. The van der Waals surface area contributed by atoms with E-state index in [4.69, 9.17) is 0 Å². The van der Waals surface area contributed by atoms with Crippen LogP contribution in [0.3, 0.4) is 0 Å². The molecule has 1 aromatic heterocycles. The van der Waals surface area contributed by atoms with Crippen molar-refractivity contribution in [2.75, 3.05) is 0 Å². The summed E-state index contributed by atoms with van der Waals surface area (Å²) < 4.78 is 0. The summed E-state index contributed by atoms with van der Waals surface area (Å²) in [6.45, 7) is 9.11. The Kier molecular flexibility index (Phi) is 4.85. The summed E-state index contributed by atoms with van der Waals surface area (Å²) in [6, 6.07) is 3.61. The largest absolute Gasteiger partial charge is 0.307 e. The van der Waals surface area contributed by atoms with Gasteiger partial charge in [0.25, 0.3) is 0 Å². The van der Waals surface area contributed by atoms with Crippen LogP contribution in [0.1, 0.15) is 67.3 Å². The fourth-order valence-corrected chi connectivity index (χ4v) is 4.28. The van der Waals surface area contributed by atoms with Crippen LogP contribution in [0, 0.1) is 19.8 Å². The molecule has 1 aromatic rings. The van der Waals surface area contributed by atoms with E-state index in [-0.39, 0.29) is 0 Å². The molecule has 0 aromatic carbocycles. The molecule has 1 fully saturated rings. The molecule has 1 saturated carbocycles. The summed E-state index contributed by atoms with van der Waals surface area (Å²) >= 11 is 1.92. The van der Waals surface area contributed by atoms with Gasteiger partial charge in [0.05, 0.1) is 0 Å². The van der Waals surface area contributed by atoms with Crippen LogP contribution >= 0.6 is 11.3 Å². The monoisotopic (exact) mass is 265 g/mol. The predicted molar refractivity (Wildman–Crippen MR) is 81.4 cm³/mol. The van der Waals surface area contributed by atoms with E-state index in [1.54, 1.807) is 0 Å². The second-order valence-corrected chi connectivity index (χ2v) is 7.34. The standard InChI is InChI=1S/C16H27NS/c1-5-14-6-8-15(9-7-14)17-12(3)16-10-11(2)18-13(16)4/h10,12,14-15,17H,5-9H2,1-4H3. The van der Waals surface area contributed by atoms with E-state index in [1.165, 1.54) is 47.4 Å². The molecule has 2 heteroatoms. The summed E-state index contributed by atoms with van der Waals surface area (Å²) in [5.41, 5.74) is 1.51. The molecular formula is C16H27NS. The van der Waals surface area contributed by atoms with Gasteiger partial charge in [-0.1, -0.05) is 13.3 Å². The van der Waals surface area contributed by atoms with E-state index in [0.29, 0.717) is 6.04 Å². The molecule has 1 atom stereocenters. The molecule has 0 spiro atoms. The molecule has 0 bridgehead atoms. The molecule has 102 valence electrons. The first-order chi connectivity index (χ1) is 8.60. The Morgan fingerprint density at radius 3 is 2.44 bits per heavy atom. The van der Waals surface area contributed by atoms with E-state index in [0.717, 1.165) is 12.0 Å². The molecule has 1 nitrogen and oxygen atoms in total. The summed E-state index contributed by atoms with van der Waals surface area (Å²) in [4.78, 5) is 2.92. The number of aryl methyl sites for hydroxylation is 2. The fourth-order valence-electron chi connectivity index (χ4n) is 3.26. The van der Waals surface area contributed by atoms with Crippen molar-refractivity contribution in [3.63, 3.8) is 0 Å². The van der Waals surface area contributed by atoms with E-state index in [1.807, 2.05) is 11.3 Å². The highest BCUT2D eigenvalue weighted by Crippen LogP contribution is 2.30. The lowest BCUT2D eigenvalue weighted by molar-refractivity contribution is 0.273. The lowest BCUT2D eigenvalue weighted by Crippen LogP contribution is -2.35. The Morgan fingerprint density at radius 2 is 1.94 bits per heavy atom. The van der Waals surface area contributed by atoms with Crippen LogP contribution in [0.2, 0.25) is 0 Å². The van der Waals surface area contributed by atoms with Crippen LogP contribution in [0.25, 0.3) is 0 Å². The van der Waals surface area contributed by atoms with Crippen molar-refractivity contribution in [1.82, 2.24) is 5.32 Å². The molecule has 1 aliphatic rings. The second-order valence-electron chi connectivity index (χ2n) is 5.88. The topological polar surface area (TPSA) is 12.0 Å². The number of hydrogen-bond donors (Lipinski definition) is 1. The zero-order valence-corrected chi connectivity index (χ0v) is 13.1. The van der Waals surface area contributed by atoms with Gasteiger partial charge in [0.2, 0.25) is 0 Å². The SMILES string of the molecule is CCC1CCC(NC(C)c2cc(C)sc2C)CC1. The molecule has 0 aliphatic heterocycles. The van der Waals surface area contributed by atoms with Crippen LogP contribution in [0.15, 0.2) is 6.07 Å². The molecule has 1 heterocycles. The van der Waals surface area contributed by atoms with Crippen molar-refractivity contribution in [2.45, 2.75) is 71.9 Å². The molecule has 1 aliphatic carbocycles. The molecular weight excluding hydrogens is 238 g/mol. The smallest absolute Gasteiger partial charge is 0.0305 e. The first-order valence-corrected chi connectivity index (χ1v) is 8.24. The van der Waals surface area contributed by atoms with E-state index in [2.05, 4.69) is 39.1 Å². The van der Waals surface area contributed by atoms with Crippen molar-refractivity contribution >= 4 is 11.3 Å². The summed E-state index contributed by atoms with van der Waals surface area (Å²) in [6.07, 6.45) is 6.94. The van der Waals surface area contributed by atoms with E-state index >= 15 is 0 Å². The number of hydrogen-bond acceptors (Lipinski definition) is 2. The molecule has 18 heavy (non-hydrogen) atoms. The van der Waals surface area contributed by atoms with Gasteiger partial charge in [-0.2, -0.15) is 0 Å². The predicted octanol–water partition coefficient (Wildman–Crippen LogP) is 4.98. The minimum atomic E-state index is 0.512. The zero-order valence-electron chi connectivity index (χ0n) is 12.3. The van der Waals surface area contributed by atoms with Crippen molar-refractivity contribution < 1.29 is 0 Å². The Morgan fingerprint density at radius 1 is 1.28 bits per heavy atom. The summed E-state index contributed by atoms with van der Waals surface area (Å²) in [5, 5.41) is 3.84. The molecule has 0 radical (unpaired) electrons. The van der Waals surface area contributed by atoms with Gasteiger partial charge in [0.15, 0.2) is 0 Å². The van der Waals surface area contributed by atoms with Crippen molar-refractivity contribution in [3.8, 4) is 0 Å². The quantitative estimate of drug-likeness (QED) is 0.809. The van der Waals surface area contributed by atoms with Gasteiger partial charge < -0.3 is 5.32 Å². The molecule has 1 unspecified atom stereocenters. The maximum Gasteiger partial charge on any atom is 0.0305 e. The first kappa shape index (κ1) is 14.1. The van der Waals surface area contributed by atoms with Gasteiger partial charge in [0, 0.05) is 21.8 Å². The highest BCUT2D eigenvalue weighted by atomic mass is 32.1. The number of nitrogens with one attached hydrogen (secondary N) is 1. The Hall–Kier alpha value is -0.340. The fraction of sp³-hybridized carbons (Fsp3) is 0.750. The Balaban J connectivity index is 1.88. The number of rotatable bonds is 4. The highest BCUT2D eigenvalue weighted by Gasteiger charge is 2.22. The van der Waals surface area contributed by atoms with Crippen LogP contribution in [-0.4, -0.2) is 6.04 Å². The second kappa shape index (κ2) is 6.21. The summed E-state index contributed by atoms with van der Waals surface area (Å²) in [7, 11) is 0. The zero-order chi connectivity index (χ0) is 13.1. The van der Waals surface area contributed by atoms with Crippen molar-refractivity contribution in [3.05, 3.63) is 21.4 Å². The molecule has 0 amide bonds. The molecule has 2 rings (SSSR count).